The number of carbonyl (C=O) groups is 2. The Morgan fingerprint density at radius 1 is 1.36 bits per heavy atom. The molecule has 1 aromatic rings. The summed E-state index contributed by atoms with van der Waals surface area (Å²) in [5.41, 5.74) is 1.14. The number of halogens is 1. The molecule has 1 aromatic carbocycles. The topological polar surface area (TPSA) is 84.9 Å². The number of rotatable bonds is 6. The Morgan fingerprint density at radius 3 is 2.55 bits per heavy atom. The highest BCUT2D eigenvalue weighted by Crippen LogP contribution is 2.31. The Morgan fingerprint density at radius 2 is 2.05 bits per heavy atom. The van der Waals surface area contributed by atoms with Crippen molar-refractivity contribution in [2.75, 3.05) is 0 Å². The van der Waals surface area contributed by atoms with E-state index in [9.17, 15) is 9.59 Å². The summed E-state index contributed by atoms with van der Waals surface area (Å²) in [6, 6.07) is 5.07. The van der Waals surface area contributed by atoms with E-state index in [2.05, 4.69) is 4.84 Å². The fraction of sp³-hybridized carbons (Fsp3) is 0.467. The van der Waals surface area contributed by atoms with E-state index >= 15 is 0 Å². The molecule has 2 N–H and O–H groups in total. The summed E-state index contributed by atoms with van der Waals surface area (Å²) >= 11 is 5.91. The van der Waals surface area contributed by atoms with Crippen LogP contribution in [0.25, 0.3) is 0 Å². The molecule has 0 bridgehead atoms. The van der Waals surface area contributed by atoms with Crippen molar-refractivity contribution in [3.63, 3.8) is 0 Å². The van der Waals surface area contributed by atoms with Crippen LogP contribution in [0, 0.1) is 6.92 Å². The standard InChI is InChI=1S/C15H20ClNO5/c1-4-8-15(5-2,13(18)22-17-14(19)20)21-12-7-6-11(16)9-10(12)3/h6-7,9,17H,4-5,8H2,1-3H3,(H,19,20). The van der Waals surface area contributed by atoms with E-state index in [0.29, 0.717) is 30.0 Å². The number of benzene rings is 1. The van der Waals surface area contributed by atoms with Crippen molar-refractivity contribution in [2.45, 2.75) is 45.6 Å². The fourth-order valence-electron chi connectivity index (χ4n) is 2.11. The average Bonchev–Trinajstić information content (AvgIpc) is 2.46. The van der Waals surface area contributed by atoms with E-state index in [-0.39, 0.29) is 0 Å². The number of carboxylic acid groups (broad SMARTS) is 1. The maximum Gasteiger partial charge on any atom is 0.438 e. The van der Waals surface area contributed by atoms with Gasteiger partial charge >= 0.3 is 12.1 Å². The summed E-state index contributed by atoms with van der Waals surface area (Å²) in [5, 5.41) is 9.12. The number of amides is 1. The molecule has 0 aliphatic carbocycles. The lowest BCUT2D eigenvalue weighted by atomic mass is 9.94. The number of hydrogen-bond acceptors (Lipinski definition) is 4. The zero-order valence-electron chi connectivity index (χ0n) is 12.8. The molecule has 1 unspecified atom stereocenters. The highest BCUT2D eigenvalue weighted by atomic mass is 35.5. The summed E-state index contributed by atoms with van der Waals surface area (Å²) in [5.74, 6) is -0.263. The minimum absolute atomic E-state index is 0.336. The van der Waals surface area contributed by atoms with Crippen LogP contribution in [-0.2, 0) is 9.63 Å². The second kappa shape index (κ2) is 7.89. The van der Waals surface area contributed by atoms with Crippen LogP contribution in [0.4, 0.5) is 4.79 Å². The number of hydroxylamine groups is 1. The van der Waals surface area contributed by atoms with E-state index in [1.165, 1.54) is 0 Å². The maximum absolute atomic E-state index is 12.3. The largest absolute Gasteiger partial charge is 0.475 e. The van der Waals surface area contributed by atoms with Gasteiger partial charge in [-0.15, -0.1) is 5.48 Å². The zero-order valence-corrected chi connectivity index (χ0v) is 13.6. The quantitative estimate of drug-likeness (QED) is 0.777. The van der Waals surface area contributed by atoms with Crippen molar-refractivity contribution >= 4 is 23.7 Å². The third-order valence-corrected chi connectivity index (χ3v) is 3.51. The molecule has 0 heterocycles. The summed E-state index contributed by atoms with van der Waals surface area (Å²) in [4.78, 5) is 27.4. The van der Waals surface area contributed by atoms with Crippen molar-refractivity contribution in [3.05, 3.63) is 28.8 Å². The molecular weight excluding hydrogens is 310 g/mol. The molecule has 0 saturated heterocycles. The van der Waals surface area contributed by atoms with Gasteiger partial charge in [0.25, 0.3) is 0 Å². The molecule has 0 spiro atoms. The molecule has 6 nitrogen and oxygen atoms in total. The second-order valence-electron chi connectivity index (χ2n) is 4.91. The minimum atomic E-state index is -1.45. The predicted octanol–water partition coefficient (Wildman–Crippen LogP) is 3.70. The molecule has 1 amide bonds. The molecule has 0 saturated carbocycles. The summed E-state index contributed by atoms with van der Waals surface area (Å²) in [6.45, 7) is 5.50. The molecule has 0 aromatic heterocycles. The first-order valence-corrected chi connectivity index (χ1v) is 7.37. The molecule has 1 atom stereocenters. The fourth-order valence-corrected chi connectivity index (χ4v) is 2.34. The van der Waals surface area contributed by atoms with Crippen LogP contribution in [-0.4, -0.2) is 22.8 Å². The lowest BCUT2D eigenvalue weighted by Crippen LogP contribution is -2.48. The van der Waals surface area contributed by atoms with Gasteiger partial charge in [-0.05, 0) is 43.5 Å². The lowest BCUT2D eigenvalue weighted by Gasteiger charge is -2.31. The van der Waals surface area contributed by atoms with Crippen LogP contribution in [0.15, 0.2) is 18.2 Å². The van der Waals surface area contributed by atoms with Gasteiger partial charge in [0.15, 0.2) is 0 Å². The van der Waals surface area contributed by atoms with Gasteiger partial charge in [0, 0.05) is 5.02 Å². The Hall–Kier alpha value is -1.95. The highest BCUT2D eigenvalue weighted by Gasteiger charge is 2.41. The number of aryl methyl sites for hydroxylation is 1. The number of ether oxygens (including phenoxy) is 1. The first kappa shape index (κ1) is 18.1. The van der Waals surface area contributed by atoms with E-state index in [1.807, 2.05) is 13.8 Å². The zero-order chi connectivity index (χ0) is 16.8. The summed E-state index contributed by atoms with van der Waals surface area (Å²) in [6.07, 6.45) is -0.0466. The Kier molecular flexibility index (Phi) is 6.49. The third-order valence-electron chi connectivity index (χ3n) is 3.27. The van der Waals surface area contributed by atoms with Crippen LogP contribution >= 0.6 is 11.6 Å². The van der Waals surface area contributed by atoms with Crippen LogP contribution in [0.1, 0.15) is 38.7 Å². The predicted molar refractivity (Wildman–Crippen MR) is 82.0 cm³/mol. The molecule has 122 valence electrons. The van der Waals surface area contributed by atoms with E-state index in [1.54, 1.807) is 30.6 Å². The van der Waals surface area contributed by atoms with Gasteiger partial charge in [0.05, 0.1) is 0 Å². The van der Waals surface area contributed by atoms with Gasteiger partial charge in [0.2, 0.25) is 5.60 Å². The van der Waals surface area contributed by atoms with Gasteiger partial charge in [-0.2, -0.15) is 0 Å². The highest BCUT2D eigenvalue weighted by molar-refractivity contribution is 6.30. The van der Waals surface area contributed by atoms with Crippen molar-refractivity contribution in [3.8, 4) is 5.75 Å². The van der Waals surface area contributed by atoms with E-state index in [4.69, 9.17) is 21.4 Å². The van der Waals surface area contributed by atoms with Gasteiger partial charge in [-0.3, -0.25) is 0 Å². The molecule has 0 aliphatic rings. The van der Waals surface area contributed by atoms with Crippen LogP contribution in [0.2, 0.25) is 5.02 Å². The van der Waals surface area contributed by atoms with E-state index < -0.39 is 17.7 Å². The Labute approximate surface area is 134 Å². The van der Waals surface area contributed by atoms with Gasteiger partial charge in [0.1, 0.15) is 5.75 Å². The molecule has 0 aliphatic heterocycles. The summed E-state index contributed by atoms with van der Waals surface area (Å²) < 4.78 is 5.91. The van der Waals surface area contributed by atoms with Crippen molar-refractivity contribution < 1.29 is 24.3 Å². The molecule has 0 radical (unpaired) electrons. The van der Waals surface area contributed by atoms with Gasteiger partial charge in [-0.1, -0.05) is 31.9 Å². The maximum atomic E-state index is 12.3. The smallest absolute Gasteiger partial charge is 0.438 e. The number of carbonyl (C=O) groups excluding carboxylic acids is 1. The lowest BCUT2D eigenvalue weighted by molar-refractivity contribution is -0.169. The summed E-state index contributed by atoms with van der Waals surface area (Å²) in [7, 11) is 0. The van der Waals surface area contributed by atoms with Crippen LogP contribution < -0.4 is 10.2 Å². The number of nitrogens with one attached hydrogen (secondary N) is 1. The van der Waals surface area contributed by atoms with Gasteiger partial charge < -0.3 is 14.7 Å². The first-order valence-electron chi connectivity index (χ1n) is 7.00. The SMILES string of the molecule is CCCC(CC)(Oc1ccc(Cl)cc1C)C(=O)ONC(=O)O. The second-order valence-corrected chi connectivity index (χ2v) is 5.34. The van der Waals surface area contributed by atoms with Crippen molar-refractivity contribution in [2.24, 2.45) is 0 Å². The van der Waals surface area contributed by atoms with Crippen molar-refractivity contribution in [1.82, 2.24) is 5.48 Å². The average molecular weight is 330 g/mol. The van der Waals surface area contributed by atoms with E-state index in [0.717, 1.165) is 5.56 Å². The monoisotopic (exact) mass is 329 g/mol. The van der Waals surface area contributed by atoms with Gasteiger partial charge in [-0.25, -0.2) is 9.59 Å². The molecule has 1 rings (SSSR count). The molecule has 22 heavy (non-hydrogen) atoms. The molecule has 7 heteroatoms. The molecule has 0 fully saturated rings. The molecular formula is C15H20ClNO5. The Balaban J connectivity index is 3.04. The number of hydrogen-bond donors (Lipinski definition) is 2. The first-order chi connectivity index (χ1) is 10.3. The van der Waals surface area contributed by atoms with Crippen LogP contribution in [0.5, 0.6) is 5.75 Å². The van der Waals surface area contributed by atoms with Crippen LogP contribution in [0.3, 0.4) is 0 Å². The normalized spacial score (nSPS) is 13.1. The third kappa shape index (κ3) is 4.53. The minimum Gasteiger partial charge on any atom is -0.475 e. The van der Waals surface area contributed by atoms with Crippen molar-refractivity contribution in [1.29, 1.82) is 0 Å². The Bertz CT molecular complexity index is 549.